The maximum atomic E-state index is 12.4. The number of ketones is 1. The minimum atomic E-state index is -2.90. The summed E-state index contributed by atoms with van der Waals surface area (Å²) in [5.41, 5.74) is -0.910. The first-order chi connectivity index (χ1) is 6.43. The van der Waals surface area contributed by atoms with Crippen molar-refractivity contribution in [2.75, 3.05) is 0 Å². The van der Waals surface area contributed by atoms with E-state index in [9.17, 15) is 18.7 Å². The van der Waals surface area contributed by atoms with Gasteiger partial charge in [-0.1, -0.05) is 11.6 Å². The second-order valence-electron chi connectivity index (χ2n) is 2.74. The largest absolute Gasteiger partial charge is 0.507 e. The molecular formula is C9H7ClF2O2. The van der Waals surface area contributed by atoms with Gasteiger partial charge in [-0.25, -0.2) is 8.78 Å². The van der Waals surface area contributed by atoms with E-state index in [1.807, 2.05) is 0 Å². The van der Waals surface area contributed by atoms with Gasteiger partial charge in [0.1, 0.15) is 5.75 Å². The van der Waals surface area contributed by atoms with Gasteiger partial charge < -0.3 is 5.11 Å². The zero-order valence-corrected chi connectivity index (χ0v) is 7.98. The van der Waals surface area contributed by atoms with Crippen molar-refractivity contribution in [1.82, 2.24) is 0 Å². The lowest BCUT2D eigenvalue weighted by Gasteiger charge is -2.08. The molecule has 1 N–H and O–H groups in total. The van der Waals surface area contributed by atoms with Gasteiger partial charge in [-0.3, -0.25) is 4.79 Å². The molecule has 0 unspecified atom stereocenters. The molecule has 5 heteroatoms. The van der Waals surface area contributed by atoms with E-state index in [-0.39, 0.29) is 10.6 Å². The number of benzene rings is 1. The van der Waals surface area contributed by atoms with E-state index in [2.05, 4.69) is 0 Å². The Balaban J connectivity index is 3.44. The molecule has 0 bridgehead atoms. The van der Waals surface area contributed by atoms with Crippen molar-refractivity contribution in [1.29, 1.82) is 0 Å². The van der Waals surface area contributed by atoms with Gasteiger partial charge in [0.2, 0.25) is 0 Å². The van der Waals surface area contributed by atoms with Crippen molar-refractivity contribution >= 4 is 17.4 Å². The van der Waals surface area contributed by atoms with Gasteiger partial charge in [-0.15, -0.1) is 0 Å². The maximum Gasteiger partial charge on any atom is 0.268 e. The minimum absolute atomic E-state index is 0.0529. The number of rotatable bonds is 2. The second kappa shape index (κ2) is 3.92. The normalized spacial score (nSPS) is 10.6. The maximum absolute atomic E-state index is 12.4. The van der Waals surface area contributed by atoms with Gasteiger partial charge in [-0.05, 0) is 19.1 Å². The van der Waals surface area contributed by atoms with Crippen LogP contribution in [0.25, 0.3) is 0 Å². The Kier molecular flexibility index (Phi) is 3.06. The molecule has 0 saturated carbocycles. The third-order valence-corrected chi connectivity index (χ3v) is 1.94. The quantitative estimate of drug-likeness (QED) is 0.778. The van der Waals surface area contributed by atoms with Crippen LogP contribution in [0, 0.1) is 0 Å². The molecule has 0 aliphatic carbocycles. The van der Waals surface area contributed by atoms with Gasteiger partial charge in [0.15, 0.2) is 5.78 Å². The molecule has 0 radical (unpaired) electrons. The number of hydrogen-bond acceptors (Lipinski definition) is 2. The third kappa shape index (κ3) is 2.01. The van der Waals surface area contributed by atoms with Crippen LogP contribution in [0.15, 0.2) is 12.1 Å². The summed E-state index contributed by atoms with van der Waals surface area (Å²) in [6.45, 7) is 1.14. The number of phenolic OH excluding ortho intramolecular Hbond substituents is 1. The fourth-order valence-electron chi connectivity index (χ4n) is 1.12. The fraction of sp³-hybridized carbons (Fsp3) is 0.222. The second-order valence-corrected chi connectivity index (χ2v) is 3.18. The molecule has 0 saturated heterocycles. The molecule has 0 aliphatic rings. The van der Waals surface area contributed by atoms with Gasteiger partial charge in [0.05, 0.1) is 5.56 Å². The molecule has 1 rings (SSSR count). The topological polar surface area (TPSA) is 37.3 Å². The van der Waals surface area contributed by atoms with Crippen molar-refractivity contribution < 1.29 is 18.7 Å². The van der Waals surface area contributed by atoms with Crippen LogP contribution in [0.2, 0.25) is 5.02 Å². The van der Waals surface area contributed by atoms with Crippen molar-refractivity contribution in [3.63, 3.8) is 0 Å². The van der Waals surface area contributed by atoms with E-state index in [0.29, 0.717) is 0 Å². The highest BCUT2D eigenvalue weighted by Crippen LogP contribution is 2.34. The first-order valence-corrected chi connectivity index (χ1v) is 4.12. The predicted molar refractivity (Wildman–Crippen MR) is 48.1 cm³/mol. The first kappa shape index (κ1) is 10.9. The zero-order chi connectivity index (χ0) is 10.9. The summed E-state index contributed by atoms with van der Waals surface area (Å²) >= 11 is 5.51. The van der Waals surface area contributed by atoms with Crippen LogP contribution in [-0.4, -0.2) is 10.9 Å². The summed E-state index contributed by atoms with van der Waals surface area (Å²) in [5.74, 6) is -1.21. The smallest absolute Gasteiger partial charge is 0.268 e. The van der Waals surface area contributed by atoms with Gasteiger partial charge in [0.25, 0.3) is 6.43 Å². The molecule has 1 aromatic carbocycles. The Labute approximate surface area is 84.1 Å². The molecule has 2 nitrogen and oxygen atoms in total. The minimum Gasteiger partial charge on any atom is -0.507 e. The third-order valence-electron chi connectivity index (χ3n) is 1.72. The summed E-state index contributed by atoms with van der Waals surface area (Å²) in [5, 5.41) is 9.23. The number of phenols is 1. The van der Waals surface area contributed by atoms with Crippen LogP contribution in [0.4, 0.5) is 8.78 Å². The van der Waals surface area contributed by atoms with Crippen LogP contribution < -0.4 is 0 Å². The zero-order valence-electron chi connectivity index (χ0n) is 7.22. The Hall–Kier alpha value is -1.16. The summed E-state index contributed by atoms with van der Waals surface area (Å²) in [6.07, 6.45) is -2.90. The van der Waals surface area contributed by atoms with Crippen LogP contribution in [0.3, 0.4) is 0 Å². The highest BCUT2D eigenvalue weighted by Gasteiger charge is 2.21. The van der Waals surface area contributed by atoms with Gasteiger partial charge in [-0.2, -0.15) is 0 Å². The average molecular weight is 221 g/mol. The highest BCUT2D eigenvalue weighted by atomic mass is 35.5. The lowest BCUT2D eigenvalue weighted by molar-refractivity contribution is 0.0996. The van der Waals surface area contributed by atoms with E-state index in [1.54, 1.807) is 0 Å². The average Bonchev–Trinajstić information content (AvgIpc) is 2.01. The van der Waals surface area contributed by atoms with E-state index in [0.717, 1.165) is 19.1 Å². The van der Waals surface area contributed by atoms with E-state index in [4.69, 9.17) is 11.6 Å². The lowest BCUT2D eigenvalue weighted by atomic mass is 10.0. The number of halogens is 3. The predicted octanol–water partition coefficient (Wildman–Crippen LogP) is 3.19. The van der Waals surface area contributed by atoms with Crippen LogP contribution in [0.1, 0.15) is 29.3 Å². The van der Waals surface area contributed by atoms with Crippen molar-refractivity contribution in [2.24, 2.45) is 0 Å². The Morgan fingerprint density at radius 3 is 2.50 bits per heavy atom. The van der Waals surface area contributed by atoms with Crippen LogP contribution in [-0.2, 0) is 0 Å². The summed E-state index contributed by atoms with van der Waals surface area (Å²) in [4.78, 5) is 11.0. The first-order valence-electron chi connectivity index (χ1n) is 3.75. The SMILES string of the molecule is CC(=O)c1cc(Cl)cc(O)c1C(F)F. The van der Waals surface area contributed by atoms with Crippen molar-refractivity contribution in [3.05, 3.63) is 28.3 Å². The number of carbonyl (C=O) groups is 1. The Bertz CT molecular complexity index is 377. The molecule has 0 heterocycles. The van der Waals surface area contributed by atoms with E-state index >= 15 is 0 Å². The fourth-order valence-corrected chi connectivity index (χ4v) is 1.34. The van der Waals surface area contributed by atoms with Crippen LogP contribution >= 0.6 is 11.6 Å². The summed E-state index contributed by atoms with van der Waals surface area (Å²) in [6, 6.07) is 2.10. The van der Waals surface area contributed by atoms with E-state index in [1.165, 1.54) is 0 Å². The lowest BCUT2D eigenvalue weighted by Crippen LogP contribution is -2.00. The molecule has 1 aromatic rings. The number of carbonyl (C=O) groups excluding carboxylic acids is 1. The molecular weight excluding hydrogens is 214 g/mol. The highest BCUT2D eigenvalue weighted by molar-refractivity contribution is 6.31. The van der Waals surface area contributed by atoms with Crippen molar-refractivity contribution in [3.8, 4) is 5.75 Å². The Morgan fingerprint density at radius 2 is 2.07 bits per heavy atom. The van der Waals surface area contributed by atoms with Gasteiger partial charge in [0, 0.05) is 10.6 Å². The number of aromatic hydroxyl groups is 1. The molecule has 0 amide bonds. The number of alkyl halides is 2. The molecule has 0 aliphatic heterocycles. The van der Waals surface area contributed by atoms with Crippen molar-refractivity contribution in [2.45, 2.75) is 13.3 Å². The molecule has 0 aromatic heterocycles. The Morgan fingerprint density at radius 1 is 1.50 bits per heavy atom. The molecule has 0 fully saturated rings. The van der Waals surface area contributed by atoms with Crippen LogP contribution in [0.5, 0.6) is 5.75 Å². The standard InChI is InChI=1S/C9H7ClF2O2/c1-4(13)6-2-5(10)3-7(14)8(6)9(11)12/h2-3,9,14H,1H3. The molecule has 0 atom stereocenters. The number of hydrogen-bond donors (Lipinski definition) is 1. The number of Topliss-reactive ketones (excluding diaryl/α,β-unsaturated/α-hetero) is 1. The monoisotopic (exact) mass is 220 g/mol. The van der Waals surface area contributed by atoms with E-state index < -0.39 is 23.5 Å². The molecule has 14 heavy (non-hydrogen) atoms. The molecule has 0 spiro atoms. The van der Waals surface area contributed by atoms with Gasteiger partial charge >= 0.3 is 0 Å². The summed E-state index contributed by atoms with van der Waals surface area (Å²) in [7, 11) is 0. The molecule has 76 valence electrons. The summed E-state index contributed by atoms with van der Waals surface area (Å²) < 4.78 is 24.9.